The van der Waals surface area contributed by atoms with E-state index >= 15 is 0 Å². The third-order valence-electron chi connectivity index (χ3n) is 3.09. The molecule has 96 valence electrons. The lowest BCUT2D eigenvalue weighted by molar-refractivity contribution is 0.249. The summed E-state index contributed by atoms with van der Waals surface area (Å²) in [7, 11) is 2.14. The maximum absolute atomic E-state index is 5.86. The highest BCUT2D eigenvalue weighted by Crippen LogP contribution is 2.19. The molecule has 0 aliphatic carbocycles. The van der Waals surface area contributed by atoms with Crippen molar-refractivity contribution in [3.05, 3.63) is 34.9 Å². The van der Waals surface area contributed by atoms with Gasteiger partial charge in [0.1, 0.15) is 0 Å². The average molecular weight is 255 g/mol. The summed E-state index contributed by atoms with van der Waals surface area (Å²) in [5.74, 6) is 0. The summed E-state index contributed by atoms with van der Waals surface area (Å²) in [5.41, 5.74) is 7.25. The van der Waals surface area contributed by atoms with E-state index in [-0.39, 0.29) is 5.41 Å². The first kappa shape index (κ1) is 14.5. The van der Waals surface area contributed by atoms with Crippen molar-refractivity contribution in [2.45, 2.75) is 26.8 Å². The van der Waals surface area contributed by atoms with Gasteiger partial charge in [-0.05, 0) is 49.7 Å². The molecule has 1 rings (SSSR count). The molecule has 0 saturated heterocycles. The number of rotatable bonds is 6. The summed E-state index contributed by atoms with van der Waals surface area (Å²) in [5, 5.41) is 0.792. The predicted octanol–water partition coefficient (Wildman–Crippen LogP) is 3.15. The van der Waals surface area contributed by atoms with E-state index in [1.165, 1.54) is 5.56 Å². The van der Waals surface area contributed by atoms with Crippen LogP contribution in [0, 0.1) is 5.41 Å². The van der Waals surface area contributed by atoms with Gasteiger partial charge in [-0.25, -0.2) is 0 Å². The van der Waals surface area contributed by atoms with Crippen LogP contribution in [-0.2, 0) is 6.54 Å². The van der Waals surface area contributed by atoms with Crippen molar-refractivity contribution in [3.63, 3.8) is 0 Å². The van der Waals surface area contributed by atoms with Crippen molar-refractivity contribution < 1.29 is 0 Å². The molecule has 0 fully saturated rings. The summed E-state index contributed by atoms with van der Waals surface area (Å²) in [6.07, 6.45) is 1.12. The van der Waals surface area contributed by atoms with Gasteiger partial charge in [-0.1, -0.05) is 37.6 Å². The second-order valence-electron chi connectivity index (χ2n) is 5.48. The van der Waals surface area contributed by atoms with Gasteiger partial charge in [-0.3, -0.25) is 0 Å². The fourth-order valence-corrected chi connectivity index (χ4v) is 1.70. The molecule has 0 spiro atoms. The molecule has 0 atom stereocenters. The Labute approximate surface area is 110 Å². The molecule has 0 aromatic heterocycles. The fourth-order valence-electron chi connectivity index (χ4n) is 1.58. The Morgan fingerprint density at radius 1 is 1.24 bits per heavy atom. The standard InChI is InChI=1S/C14H23ClN2/c1-14(2,11-16)8-9-17(3)10-12-4-6-13(15)7-5-12/h4-7H,8-11,16H2,1-3H3. The van der Waals surface area contributed by atoms with Crippen molar-refractivity contribution in [2.24, 2.45) is 11.1 Å². The second kappa shape index (κ2) is 6.39. The summed E-state index contributed by atoms with van der Waals surface area (Å²) in [6.45, 7) is 7.18. The first-order chi connectivity index (χ1) is 7.93. The lowest BCUT2D eigenvalue weighted by Gasteiger charge is -2.26. The van der Waals surface area contributed by atoms with Gasteiger partial charge in [0.05, 0.1) is 0 Å². The minimum atomic E-state index is 0.230. The molecule has 1 aromatic carbocycles. The Balaban J connectivity index is 2.39. The maximum Gasteiger partial charge on any atom is 0.0406 e. The molecule has 0 heterocycles. The van der Waals surface area contributed by atoms with Crippen LogP contribution in [0.2, 0.25) is 5.02 Å². The molecule has 1 aromatic rings. The molecular weight excluding hydrogens is 232 g/mol. The molecule has 3 heteroatoms. The van der Waals surface area contributed by atoms with Crippen LogP contribution in [0.3, 0.4) is 0 Å². The number of hydrogen-bond acceptors (Lipinski definition) is 2. The van der Waals surface area contributed by atoms with Gasteiger partial charge in [0, 0.05) is 11.6 Å². The number of halogens is 1. The Morgan fingerprint density at radius 3 is 2.35 bits per heavy atom. The first-order valence-corrected chi connectivity index (χ1v) is 6.44. The zero-order valence-electron chi connectivity index (χ0n) is 11.0. The maximum atomic E-state index is 5.86. The van der Waals surface area contributed by atoms with Gasteiger partial charge < -0.3 is 10.6 Å². The van der Waals surface area contributed by atoms with E-state index in [2.05, 4.69) is 37.9 Å². The molecule has 0 unspecified atom stereocenters. The third kappa shape index (κ3) is 5.53. The van der Waals surface area contributed by atoms with Crippen LogP contribution in [0.25, 0.3) is 0 Å². The number of nitrogens with two attached hydrogens (primary N) is 1. The fraction of sp³-hybridized carbons (Fsp3) is 0.571. The quantitative estimate of drug-likeness (QED) is 0.845. The Kier molecular flexibility index (Phi) is 5.44. The lowest BCUT2D eigenvalue weighted by atomic mass is 9.89. The van der Waals surface area contributed by atoms with Crippen LogP contribution < -0.4 is 5.73 Å². The number of nitrogens with zero attached hydrogens (tertiary/aromatic N) is 1. The topological polar surface area (TPSA) is 29.3 Å². The highest BCUT2D eigenvalue weighted by molar-refractivity contribution is 6.30. The van der Waals surface area contributed by atoms with E-state index in [1.807, 2.05) is 12.1 Å². The van der Waals surface area contributed by atoms with Crippen LogP contribution in [0.1, 0.15) is 25.8 Å². The third-order valence-corrected chi connectivity index (χ3v) is 3.34. The van der Waals surface area contributed by atoms with Gasteiger partial charge in [0.15, 0.2) is 0 Å². The van der Waals surface area contributed by atoms with Crippen LogP contribution in [0.15, 0.2) is 24.3 Å². The molecule has 0 aliphatic rings. The molecule has 2 nitrogen and oxygen atoms in total. The van der Waals surface area contributed by atoms with E-state index < -0.39 is 0 Å². The molecule has 0 radical (unpaired) electrons. The highest BCUT2D eigenvalue weighted by Gasteiger charge is 2.15. The lowest BCUT2D eigenvalue weighted by Crippen LogP contribution is -2.29. The Morgan fingerprint density at radius 2 is 1.82 bits per heavy atom. The molecular formula is C14H23ClN2. The molecule has 0 bridgehead atoms. The molecule has 0 saturated carbocycles. The van der Waals surface area contributed by atoms with Crippen LogP contribution in [-0.4, -0.2) is 25.0 Å². The first-order valence-electron chi connectivity index (χ1n) is 6.06. The minimum absolute atomic E-state index is 0.230. The summed E-state index contributed by atoms with van der Waals surface area (Å²) >= 11 is 5.86. The van der Waals surface area contributed by atoms with Crippen molar-refractivity contribution in [1.82, 2.24) is 4.90 Å². The predicted molar refractivity (Wildman–Crippen MR) is 75.2 cm³/mol. The van der Waals surface area contributed by atoms with Gasteiger partial charge in [0.2, 0.25) is 0 Å². The summed E-state index contributed by atoms with van der Waals surface area (Å²) < 4.78 is 0. The second-order valence-corrected chi connectivity index (χ2v) is 5.92. The molecule has 2 N–H and O–H groups in total. The van der Waals surface area contributed by atoms with Gasteiger partial charge in [-0.2, -0.15) is 0 Å². The Bertz CT molecular complexity index is 333. The van der Waals surface area contributed by atoms with Crippen LogP contribution in [0.5, 0.6) is 0 Å². The average Bonchev–Trinajstić information content (AvgIpc) is 2.30. The number of hydrogen-bond donors (Lipinski definition) is 1. The molecule has 17 heavy (non-hydrogen) atoms. The molecule has 0 amide bonds. The van der Waals surface area contributed by atoms with Crippen molar-refractivity contribution in [3.8, 4) is 0 Å². The smallest absolute Gasteiger partial charge is 0.0406 e. The van der Waals surface area contributed by atoms with E-state index in [1.54, 1.807) is 0 Å². The van der Waals surface area contributed by atoms with E-state index in [0.717, 1.165) is 31.1 Å². The van der Waals surface area contributed by atoms with E-state index in [0.29, 0.717) is 0 Å². The van der Waals surface area contributed by atoms with E-state index in [9.17, 15) is 0 Å². The van der Waals surface area contributed by atoms with Crippen molar-refractivity contribution in [1.29, 1.82) is 0 Å². The normalized spacial score (nSPS) is 12.1. The minimum Gasteiger partial charge on any atom is -0.330 e. The van der Waals surface area contributed by atoms with Crippen molar-refractivity contribution >= 4 is 11.6 Å². The van der Waals surface area contributed by atoms with Gasteiger partial charge >= 0.3 is 0 Å². The van der Waals surface area contributed by atoms with Gasteiger partial charge in [-0.15, -0.1) is 0 Å². The molecule has 0 aliphatic heterocycles. The van der Waals surface area contributed by atoms with Crippen LogP contribution in [0.4, 0.5) is 0 Å². The summed E-state index contributed by atoms with van der Waals surface area (Å²) in [4.78, 5) is 2.32. The number of benzene rings is 1. The SMILES string of the molecule is CN(CCC(C)(C)CN)Cc1ccc(Cl)cc1. The van der Waals surface area contributed by atoms with Gasteiger partial charge in [0.25, 0.3) is 0 Å². The largest absolute Gasteiger partial charge is 0.330 e. The zero-order valence-corrected chi connectivity index (χ0v) is 11.8. The Hall–Kier alpha value is -0.570. The van der Waals surface area contributed by atoms with E-state index in [4.69, 9.17) is 17.3 Å². The highest BCUT2D eigenvalue weighted by atomic mass is 35.5. The van der Waals surface area contributed by atoms with Crippen molar-refractivity contribution in [2.75, 3.05) is 20.1 Å². The monoisotopic (exact) mass is 254 g/mol. The zero-order chi connectivity index (χ0) is 12.9. The summed E-state index contributed by atoms with van der Waals surface area (Å²) in [6, 6.07) is 8.03. The van der Waals surface area contributed by atoms with Crippen LogP contribution >= 0.6 is 11.6 Å².